The van der Waals surface area contributed by atoms with Crippen molar-refractivity contribution in [3.8, 4) is 11.5 Å². The van der Waals surface area contributed by atoms with E-state index in [1.54, 1.807) is 25.3 Å². The van der Waals surface area contributed by atoms with E-state index in [1.165, 1.54) is 0 Å². The van der Waals surface area contributed by atoms with Crippen molar-refractivity contribution in [2.75, 3.05) is 7.11 Å². The van der Waals surface area contributed by atoms with E-state index in [0.717, 1.165) is 28.7 Å². The first-order valence-electron chi connectivity index (χ1n) is 6.58. The second-order valence-corrected chi connectivity index (χ2v) is 5.27. The molecule has 5 nitrogen and oxygen atoms in total. The van der Waals surface area contributed by atoms with Crippen molar-refractivity contribution in [2.24, 2.45) is 0 Å². The zero-order valence-electron chi connectivity index (χ0n) is 12.2. The summed E-state index contributed by atoms with van der Waals surface area (Å²) in [5.74, 6) is 1.13. The van der Waals surface area contributed by atoms with E-state index in [2.05, 4.69) is 21.0 Å². The molecule has 1 heterocycles. The molecule has 0 bridgehead atoms. The van der Waals surface area contributed by atoms with Gasteiger partial charge in [-0.15, -0.1) is 0 Å². The number of aldehydes is 1. The molecule has 0 saturated heterocycles. The number of carbonyl (C=O) groups excluding carboxylic acids is 1. The van der Waals surface area contributed by atoms with Crippen LogP contribution in [0.5, 0.6) is 11.5 Å². The predicted molar refractivity (Wildman–Crippen MR) is 83.1 cm³/mol. The molecule has 0 radical (unpaired) electrons. The van der Waals surface area contributed by atoms with E-state index in [-0.39, 0.29) is 0 Å². The van der Waals surface area contributed by atoms with Crippen LogP contribution in [0.15, 0.2) is 22.7 Å². The Morgan fingerprint density at radius 3 is 2.76 bits per heavy atom. The Bertz CT molecular complexity index is 653. The molecule has 0 atom stereocenters. The van der Waals surface area contributed by atoms with Gasteiger partial charge in [-0.05, 0) is 48.0 Å². The van der Waals surface area contributed by atoms with E-state index in [1.807, 2.05) is 18.5 Å². The van der Waals surface area contributed by atoms with Crippen LogP contribution in [-0.2, 0) is 13.2 Å². The summed E-state index contributed by atoms with van der Waals surface area (Å²) >= 11 is 3.53. The highest BCUT2D eigenvalue weighted by atomic mass is 79.9. The average molecular weight is 353 g/mol. The lowest BCUT2D eigenvalue weighted by molar-refractivity contribution is 0.112. The first kappa shape index (κ1) is 15.6. The van der Waals surface area contributed by atoms with Gasteiger partial charge >= 0.3 is 0 Å². The van der Waals surface area contributed by atoms with Crippen LogP contribution in [0, 0.1) is 6.92 Å². The first-order valence-corrected chi connectivity index (χ1v) is 7.37. The average Bonchev–Trinajstić information content (AvgIpc) is 2.79. The second-order valence-electron chi connectivity index (χ2n) is 4.48. The molecule has 2 aromatic rings. The van der Waals surface area contributed by atoms with Crippen molar-refractivity contribution < 1.29 is 14.3 Å². The molecule has 21 heavy (non-hydrogen) atoms. The minimum absolute atomic E-state index is 0.367. The number of methoxy groups -OCH3 is 1. The number of aromatic nitrogens is 2. The zero-order valence-corrected chi connectivity index (χ0v) is 13.8. The standard InChI is InChI=1S/C15H17BrN2O3/c1-4-18-12(15(16)10(2)17-18)9-21-13-6-5-11(8-19)7-14(13)20-3/h5-8H,4,9H2,1-3H3. The molecule has 1 aromatic carbocycles. The maximum Gasteiger partial charge on any atom is 0.161 e. The summed E-state index contributed by atoms with van der Waals surface area (Å²) in [5.41, 5.74) is 2.45. The lowest BCUT2D eigenvalue weighted by atomic mass is 10.2. The molecule has 2 rings (SSSR count). The van der Waals surface area contributed by atoms with Gasteiger partial charge in [0.1, 0.15) is 12.9 Å². The van der Waals surface area contributed by atoms with Crippen LogP contribution in [0.4, 0.5) is 0 Å². The van der Waals surface area contributed by atoms with Gasteiger partial charge in [0.15, 0.2) is 11.5 Å². The quantitative estimate of drug-likeness (QED) is 0.748. The minimum Gasteiger partial charge on any atom is -0.493 e. The van der Waals surface area contributed by atoms with Crippen molar-refractivity contribution in [3.63, 3.8) is 0 Å². The number of nitrogens with zero attached hydrogens (tertiary/aromatic N) is 2. The van der Waals surface area contributed by atoms with Gasteiger partial charge in [-0.2, -0.15) is 5.10 Å². The normalized spacial score (nSPS) is 10.5. The van der Waals surface area contributed by atoms with Crippen LogP contribution in [0.2, 0.25) is 0 Å². The van der Waals surface area contributed by atoms with Gasteiger partial charge in [-0.1, -0.05) is 0 Å². The molecule has 0 unspecified atom stereocenters. The number of hydrogen-bond donors (Lipinski definition) is 0. The Morgan fingerprint density at radius 2 is 2.14 bits per heavy atom. The van der Waals surface area contributed by atoms with Gasteiger partial charge in [0.05, 0.1) is 23.0 Å². The molecular weight excluding hydrogens is 336 g/mol. The molecule has 112 valence electrons. The lowest BCUT2D eigenvalue weighted by Crippen LogP contribution is -2.07. The summed E-state index contributed by atoms with van der Waals surface area (Å²) in [4.78, 5) is 10.8. The molecule has 0 amide bonds. The number of halogens is 1. The molecule has 6 heteroatoms. The highest BCUT2D eigenvalue weighted by molar-refractivity contribution is 9.10. The van der Waals surface area contributed by atoms with Crippen LogP contribution in [-0.4, -0.2) is 23.2 Å². The van der Waals surface area contributed by atoms with Crippen molar-refractivity contribution in [2.45, 2.75) is 27.0 Å². The second kappa shape index (κ2) is 6.76. The molecule has 0 aliphatic rings. The van der Waals surface area contributed by atoms with E-state index in [9.17, 15) is 4.79 Å². The Hall–Kier alpha value is -1.82. The van der Waals surface area contributed by atoms with E-state index < -0.39 is 0 Å². The monoisotopic (exact) mass is 352 g/mol. The predicted octanol–water partition coefficient (Wildman–Crippen LogP) is 3.37. The van der Waals surface area contributed by atoms with Crippen molar-refractivity contribution >= 4 is 22.2 Å². The van der Waals surface area contributed by atoms with E-state index in [4.69, 9.17) is 9.47 Å². The molecule has 0 spiro atoms. The number of rotatable bonds is 6. The molecule has 1 aromatic heterocycles. The highest BCUT2D eigenvalue weighted by Crippen LogP contribution is 2.29. The van der Waals surface area contributed by atoms with Crippen molar-refractivity contribution in [1.82, 2.24) is 9.78 Å². The molecule has 0 saturated carbocycles. The van der Waals surface area contributed by atoms with Crippen LogP contribution in [0.3, 0.4) is 0 Å². The SMILES string of the molecule is CCn1nc(C)c(Br)c1COc1ccc(C=O)cc1OC. The zero-order chi connectivity index (χ0) is 15.4. The lowest BCUT2D eigenvalue weighted by Gasteiger charge is -2.12. The Labute approximate surface area is 132 Å². The van der Waals surface area contributed by atoms with Crippen LogP contribution in [0.25, 0.3) is 0 Å². The van der Waals surface area contributed by atoms with Crippen molar-refractivity contribution in [1.29, 1.82) is 0 Å². The fourth-order valence-corrected chi connectivity index (χ4v) is 2.43. The maximum absolute atomic E-state index is 10.8. The topological polar surface area (TPSA) is 53.4 Å². The molecule has 0 N–H and O–H groups in total. The molecular formula is C15H17BrN2O3. The van der Waals surface area contributed by atoms with Crippen LogP contribution in [0.1, 0.15) is 28.7 Å². The third-order valence-electron chi connectivity index (χ3n) is 3.14. The minimum atomic E-state index is 0.367. The fourth-order valence-electron chi connectivity index (χ4n) is 2.03. The first-order chi connectivity index (χ1) is 10.1. The van der Waals surface area contributed by atoms with Gasteiger partial charge in [0.25, 0.3) is 0 Å². The Kier molecular flexibility index (Phi) is 5.01. The number of ether oxygens (including phenoxy) is 2. The van der Waals surface area contributed by atoms with E-state index >= 15 is 0 Å². The number of carbonyl (C=O) groups is 1. The van der Waals surface area contributed by atoms with Gasteiger partial charge in [0.2, 0.25) is 0 Å². The summed E-state index contributed by atoms with van der Waals surface area (Å²) in [5, 5.41) is 4.42. The Balaban J connectivity index is 2.22. The highest BCUT2D eigenvalue weighted by Gasteiger charge is 2.14. The Morgan fingerprint density at radius 1 is 1.38 bits per heavy atom. The van der Waals surface area contributed by atoms with Gasteiger partial charge in [-0.25, -0.2) is 0 Å². The molecule has 0 aliphatic heterocycles. The summed E-state index contributed by atoms with van der Waals surface area (Å²) in [6.45, 7) is 5.11. The smallest absolute Gasteiger partial charge is 0.161 e. The third kappa shape index (κ3) is 3.26. The molecule has 0 fully saturated rings. The van der Waals surface area contributed by atoms with Crippen LogP contribution >= 0.6 is 15.9 Å². The number of hydrogen-bond acceptors (Lipinski definition) is 4. The number of benzene rings is 1. The van der Waals surface area contributed by atoms with Crippen LogP contribution < -0.4 is 9.47 Å². The van der Waals surface area contributed by atoms with Gasteiger partial charge in [-0.3, -0.25) is 9.48 Å². The third-order valence-corrected chi connectivity index (χ3v) is 4.17. The van der Waals surface area contributed by atoms with Crippen molar-refractivity contribution in [3.05, 3.63) is 39.6 Å². The number of aryl methyl sites for hydroxylation is 2. The summed E-state index contributed by atoms with van der Waals surface area (Å²) in [7, 11) is 1.55. The summed E-state index contributed by atoms with van der Waals surface area (Å²) in [6, 6.07) is 5.08. The van der Waals surface area contributed by atoms with Gasteiger partial charge < -0.3 is 9.47 Å². The largest absolute Gasteiger partial charge is 0.493 e. The van der Waals surface area contributed by atoms with E-state index in [0.29, 0.717) is 23.7 Å². The summed E-state index contributed by atoms with van der Waals surface area (Å²) in [6.07, 6.45) is 0.776. The fraction of sp³-hybridized carbons (Fsp3) is 0.333. The summed E-state index contributed by atoms with van der Waals surface area (Å²) < 4.78 is 13.9. The van der Waals surface area contributed by atoms with Gasteiger partial charge in [0, 0.05) is 12.1 Å². The molecule has 0 aliphatic carbocycles. The maximum atomic E-state index is 10.8.